The van der Waals surface area contributed by atoms with Crippen molar-refractivity contribution in [3.8, 4) is 0 Å². The molecule has 0 aliphatic heterocycles. The third-order valence-electron chi connectivity index (χ3n) is 3.82. The highest BCUT2D eigenvalue weighted by molar-refractivity contribution is 7.99. The van der Waals surface area contributed by atoms with Gasteiger partial charge in [-0.05, 0) is 42.3 Å². The summed E-state index contributed by atoms with van der Waals surface area (Å²) in [5.74, 6) is -0.180. The zero-order valence-electron chi connectivity index (χ0n) is 14.5. The molecule has 0 atom stereocenters. The van der Waals surface area contributed by atoms with Crippen molar-refractivity contribution in [2.45, 2.75) is 18.6 Å². The zero-order chi connectivity index (χ0) is 18.5. The van der Waals surface area contributed by atoms with Crippen molar-refractivity contribution in [1.82, 2.24) is 15.3 Å². The Morgan fingerprint density at radius 1 is 1.19 bits per heavy atom. The first-order chi connectivity index (χ1) is 12.5. The number of hydrogen-bond acceptors (Lipinski definition) is 5. The Morgan fingerprint density at radius 3 is 2.69 bits per heavy atom. The number of nitrogens with one attached hydrogen (secondary N) is 2. The maximum atomic E-state index is 12.0. The van der Waals surface area contributed by atoms with E-state index in [-0.39, 0.29) is 17.6 Å². The number of amides is 1. The molecule has 3 aromatic rings. The van der Waals surface area contributed by atoms with E-state index in [1.54, 1.807) is 24.3 Å². The van der Waals surface area contributed by atoms with Crippen LogP contribution >= 0.6 is 11.8 Å². The van der Waals surface area contributed by atoms with Gasteiger partial charge < -0.3 is 15.0 Å². The van der Waals surface area contributed by atoms with Crippen molar-refractivity contribution < 1.29 is 14.3 Å². The van der Waals surface area contributed by atoms with Crippen LogP contribution in [0.15, 0.2) is 47.6 Å². The molecule has 6 nitrogen and oxygen atoms in total. The molecule has 0 saturated heterocycles. The maximum absolute atomic E-state index is 12.0. The molecule has 0 fully saturated rings. The van der Waals surface area contributed by atoms with Gasteiger partial charge in [0.15, 0.2) is 5.16 Å². The van der Waals surface area contributed by atoms with E-state index in [4.69, 9.17) is 0 Å². The van der Waals surface area contributed by atoms with Crippen molar-refractivity contribution >= 4 is 34.7 Å². The largest absolute Gasteiger partial charge is 0.465 e. The van der Waals surface area contributed by atoms with Crippen LogP contribution in [0, 0.1) is 6.92 Å². The van der Waals surface area contributed by atoms with Gasteiger partial charge in [0, 0.05) is 6.54 Å². The van der Waals surface area contributed by atoms with Crippen LogP contribution < -0.4 is 5.32 Å². The number of rotatable bonds is 6. The van der Waals surface area contributed by atoms with Crippen molar-refractivity contribution in [1.29, 1.82) is 0 Å². The molecule has 2 N–H and O–H groups in total. The van der Waals surface area contributed by atoms with Crippen LogP contribution in [0.4, 0.5) is 0 Å². The minimum atomic E-state index is -0.377. The summed E-state index contributed by atoms with van der Waals surface area (Å²) in [6, 6.07) is 12.9. The van der Waals surface area contributed by atoms with E-state index < -0.39 is 0 Å². The van der Waals surface area contributed by atoms with Gasteiger partial charge in [0.05, 0.1) is 29.5 Å². The van der Waals surface area contributed by atoms with Crippen LogP contribution in [0.1, 0.15) is 21.5 Å². The smallest absolute Gasteiger partial charge is 0.337 e. The summed E-state index contributed by atoms with van der Waals surface area (Å²) < 4.78 is 4.66. The van der Waals surface area contributed by atoms with Gasteiger partial charge >= 0.3 is 5.97 Å². The summed E-state index contributed by atoms with van der Waals surface area (Å²) in [7, 11) is 1.34. The Balaban J connectivity index is 1.49. The molecule has 0 bridgehead atoms. The maximum Gasteiger partial charge on any atom is 0.337 e. The van der Waals surface area contributed by atoms with Crippen LogP contribution in [0.5, 0.6) is 0 Å². The summed E-state index contributed by atoms with van der Waals surface area (Å²) in [5.41, 5.74) is 4.42. The average molecular weight is 369 g/mol. The van der Waals surface area contributed by atoms with Gasteiger partial charge in [-0.3, -0.25) is 4.79 Å². The van der Waals surface area contributed by atoms with Gasteiger partial charge in [0.1, 0.15) is 0 Å². The first-order valence-corrected chi connectivity index (χ1v) is 9.07. The van der Waals surface area contributed by atoms with E-state index in [1.807, 2.05) is 25.1 Å². The van der Waals surface area contributed by atoms with Gasteiger partial charge in [0.2, 0.25) is 5.91 Å². The number of methoxy groups -OCH3 is 1. The standard InChI is InChI=1S/C19H19N3O3S/c1-12-3-8-15-16(9-12)22-19(21-15)26-11-17(23)20-10-13-4-6-14(7-5-13)18(24)25-2/h3-9H,10-11H2,1-2H3,(H,20,23)(H,21,22). The monoisotopic (exact) mass is 369 g/mol. The molecule has 0 unspecified atom stereocenters. The van der Waals surface area contributed by atoms with E-state index in [0.717, 1.165) is 27.3 Å². The molecular formula is C19H19N3O3S. The number of hydrogen-bond donors (Lipinski definition) is 2. The van der Waals surface area contributed by atoms with Crippen molar-refractivity contribution in [3.05, 3.63) is 59.2 Å². The lowest BCUT2D eigenvalue weighted by molar-refractivity contribution is -0.118. The van der Waals surface area contributed by atoms with Crippen molar-refractivity contribution in [2.24, 2.45) is 0 Å². The second-order valence-corrected chi connectivity index (χ2v) is 6.78. The van der Waals surface area contributed by atoms with E-state index in [0.29, 0.717) is 12.1 Å². The number of aryl methyl sites for hydroxylation is 1. The van der Waals surface area contributed by atoms with Crippen LogP contribution in [-0.4, -0.2) is 34.7 Å². The van der Waals surface area contributed by atoms with Gasteiger partial charge in [-0.25, -0.2) is 9.78 Å². The van der Waals surface area contributed by atoms with Crippen LogP contribution in [0.2, 0.25) is 0 Å². The zero-order valence-corrected chi connectivity index (χ0v) is 15.4. The SMILES string of the molecule is COC(=O)c1ccc(CNC(=O)CSc2nc3ccc(C)cc3[nH]2)cc1. The number of imidazole rings is 1. The molecular weight excluding hydrogens is 350 g/mol. The van der Waals surface area contributed by atoms with E-state index in [9.17, 15) is 9.59 Å². The fourth-order valence-electron chi connectivity index (χ4n) is 2.43. The van der Waals surface area contributed by atoms with Crippen LogP contribution in [0.3, 0.4) is 0 Å². The molecule has 1 heterocycles. The summed E-state index contributed by atoms with van der Waals surface area (Å²) in [5, 5.41) is 3.58. The van der Waals surface area contributed by atoms with Crippen molar-refractivity contribution in [2.75, 3.05) is 12.9 Å². The number of ether oxygens (including phenoxy) is 1. The molecule has 2 aromatic carbocycles. The number of H-pyrrole nitrogens is 1. The minimum Gasteiger partial charge on any atom is -0.465 e. The Morgan fingerprint density at radius 2 is 1.96 bits per heavy atom. The number of carbonyl (C=O) groups excluding carboxylic acids is 2. The number of thioether (sulfide) groups is 1. The van der Waals surface area contributed by atoms with Gasteiger partial charge in [-0.15, -0.1) is 0 Å². The molecule has 26 heavy (non-hydrogen) atoms. The Bertz CT molecular complexity index is 935. The van der Waals surface area contributed by atoms with Crippen LogP contribution in [0.25, 0.3) is 11.0 Å². The lowest BCUT2D eigenvalue weighted by Crippen LogP contribution is -2.24. The van der Waals surface area contributed by atoms with Crippen LogP contribution in [-0.2, 0) is 16.1 Å². The molecule has 3 rings (SSSR count). The molecule has 134 valence electrons. The fraction of sp³-hybridized carbons (Fsp3) is 0.211. The molecule has 7 heteroatoms. The summed E-state index contributed by atoms with van der Waals surface area (Å²) in [4.78, 5) is 31.1. The number of aromatic nitrogens is 2. The first kappa shape index (κ1) is 18.0. The Hall–Kier alpha value is -2.80. The molecule has 0 aliphatic carbocycles. The summed E-state index contributed by atoms with van der Waals surface area (Å²) in [6.45, 7) is 2.43. The van der Waals surface area contributed by atoms with Gasteiger partial charge in [0.25, 0.3) is 0 Å². The predicted octanol–water partition coefficient (Wildman–Crippen LogP) is 3.07. The number of nitrogens with zero attached hydrogens (tertiary/aromatic N) is 1. The molecule has 1 amide bonds. The van der Waals surface area contributed by atoms with Gasteiger partial charge in [-0.2, -0.15) is 0 Å². The summed E-state index contributed by atoms with van der Waals surface area (Å²) in [6.07, 6.45) is 0. The van der Waals surface area contributed by atoms with Crippen molar-refractivity contribution in [3.63, 3.8) is 0 Å². The topological polar surface area (TPSA) is 84.1 Å². The first-order valence-electron chi connectivity index (χ1n) is 8.08. The third-order valence-corrected chi connectivity index (χ3v) is 4.69. The highest BCUT2D eigenvalue weighted by Crippen LogP contribution is 2.20. The van der Waals surface area contributed by atoms with E-state index in [2.05, 4.69) is 20.0 Å². The molecule has 0 radical (unpaired) electrons. The van der Waals surface area contributed by atoms with E-state index >= 15 is 0 Å². The Kier molecular flexibility index (Phi) is 5.58. The molecule has 0 aliphatic rings. The van der Waals surface area contributed by atoms with Gasteiger partial charge in [-0.1, -0.05) is 30.0 Å². The normalized spacial score (nSPS) is 10.7. The predicted molar refractivity (Wildman–Crippen MR) is 101 cm³/mol. The highest BCUT2D eigenvalue weighted by atomic mass is 32.2. The molecule has 0 saturated carbocycles. The molecule has 0 spiro atoms. The number of aromatic amines is 1. The number of carbonyl (C=O) groups is 2. The lowest BCUT2D eigenvalue weighted by Gasteiger charge is -2.05. The number of benzene rings is 2. The quantitative estimate of drug-likeness (QED) is 0.515. The Labute approximate surface area is 155 Å². The van der Waals surface area contributed by atoms with E-state index in [1.165, 1.54) is 18.9 Å². The highest BCUT2D eigenvalue weighted by Gasteiger charge is 2.08. The fourth-order valence-corrected chi connectivity index (χ4v) is 3.15. The average Bonchev–Trinajstić information content (AvgIpc) is 3.06. The number of fused-ring (bicyclic) bond motifs is 1. The number of esters is 1. The second-order valence-electron chi connectivity index (χ2n) is 5.82. The minimum absolute atomic E-state index is 0.0799. The second kappa shape index (κ2) is 8.05. The third kappa shape index (κ3) is 4.43. The molecule has 1 aromatic heterocycles. The lowest BCUT2D eigenvalue weighted by atomic mass is 10.1. The summed E-state index contributed by atoms with van der Waals surface area (Å²) >= 11 is 1.36.